The number of aryl methyl sites for hydroxylation is 3. The van der Waals surface area contributed by atoms with Crippen molar-refractivity contribution in [3.05, 3.63) is 57.0 Å². The van der Waals surface area contributed by atoms with Crippen LogP contribution in [0, 0.1) is 5.92 Å². The number of nitrogens with one attached hydrogen (secondary N) is 1. The molecule has 1 N–H and O–H groups in total. The monoisotopic (exact) mass is 439 g/mol. The van der Waals surface area contributed by atoms with Gasteiger partial charge in [0.25, 0.3) is 5.56 Å². The number of benzene rings is 1. The van der Waals surface area contributed by atoms with E-state index in [0.29, 0.717) is 25.6 Å². The highest BCUT2D eigenvalue weighted by atomic mass is 32.1. The van der Waals surface area contributed by atoms with Crippen LogP contribution in [0.5, 0.6) is 5.75 Å². The number of thiophene rings is 1. The summed E-state index contributed by atoms with van der Waals surface area (Å²) < 4.78 is 7.25. The van der Waals surface area contributed by atoms with Crippen LogP contribution in [0.1, 0.15) is 49.1 Å². The zero-order valence-corrected chi connectivity index (χ0v) is 19.0. The Hall–Kier alpha value is -2.67. The standard InChI is InChI=1S/C24H29N3O3S/c1-16(2)14-30-18-9-7-17(8-10-18)13-25-21(28)11-12-27-15-26-23-22(24(27)29)19-5-3-4-6-20(19)31-23/h7-10,15-16H,3-6,11-14H2,1-2H3,(H,25,28). The Morgan fingerprint density at radius 2 is 2.00 bits per heavy atom. The van der Waals surface area contributed by atoms with Gasteiger partial charge < -0.3 is 10.1 Å². The highest BCUT2D eigenvalue weighted by molar-refractivity contribution is 7.18. The third-order valence-electron chi connectivity index (χ3n) is 5.52. The maximum absolute atomic E-state index is 13.0. The smallest absolute Gasteiger partial charge is 0.262 e. The Balaban J connectivity index is 1.32. The predicted octanol–water partition coefficient (Wildman–Crippen LogP) is 4.08. The van der Waals surface area contributed by atoms with Crippen molar-refractivity contribution in [2.24, 2.45) is 5.92 Å². The second kappa shape index (κ2) is 9.64. The van der Waals surface area contributed by atoms with Gasteiger partial charge in [0.15, 0.2) is 0 Å². The molecule has 0 saturated carbocycles. The fourth-order valence-corrected chi connectivity index (χ4v) is 5.04. The largest absolute Gasteiger partial charge is 0.493 e. The molecule has 164 valence electrons. The molecule has 2 aromatic heterocycles. The first-order chi connectivity index (χ1) is 15.0. The Kier molecular flexibility index (Phi) is 6.70. The summed E-state index contributed by atoms with van der Waals surface area (Å²) in [5.41, 5.74) is 2.17. The van der Waals surface area contributed by atoms with Gasteiger partial charge in [-0.1, -0.05) is 26.0 Å². The predicted molar refractivity (Wildman–Crippen MR) is 124 cm³/mol. The topological polar surface area (TPSA) is 73.2 Å². The number of fused-ring (bicyclic) bond motifs is 3. The Morgan fingerprint density at radius 1 is 1.23 bits per heavy atom. The third-order valence-corrected chi connectivity index (χ3v) is 6.72. The zero-order valence-electron chi connectivity index (χ0n) is 18.1. The normalized spacial score (nSPS) is 13.4. The Bertz CT molecular complexity index is 1120. The van der Waals surface area contributed by atoms with Gasteiger partial charge in [0.2, 0.25) is 5.91 Å². The van der Waals surface area contributed by atoms with Gasteiger partial charge in [-0.25, -0.2) is 4.98 Å². The minimum absolute atomic E-state index is 0.0193. The number of hydrogen-bond acceptors (Lipinski definition) is 5. The molecule has 1 amide bonds. The van der Waals surface area contributed by atoms with Gasteiger partial charge in [-0.2, -0.15) is 0 Å². The van der Waals surface area contributed by atoms with Crippen LogP contribution in [0.3, 0.4) is 0 Å². The van der Waals surface area contributed by atoms with Gasteiger partial charge in [-0.15, -0.1) is 11.3 Å². The second-order valence-electron chi connectivity index (χ2n) is 8.51. The minimum atomic E-state index is -0.0838. The fraction of sp³-hybridized carbons (Fsp3) is 0.458. The van der Waals surface area contributed by atoms with Crippen molar-refractivity contribution in [2.75, 3.05) is 6.61 Å². The molecule has 1 aromatic carbocycles. The van der Waals surface area contributed by atoms with E-state index in [-0.39, 0.29) is 17.9 Å². The summed E-state index contributed by atoms with van der Waals surface area (Å²) in [5, 5.41) is 3.69. The van der Waals surface area contributed by atoms with Crippen LogP contribution < -0.4 is 15.6 Å². The number of nitrogens with zero attached hydrogens (tertiary/aromatic N) is 2. The molecular weight excluding hydrogens is 410 g/mol. The van der Waals surface area contributed by atoms with Crippen LogP contribution in [0.2, 0.25) is 0 Å². The molecule has 6 nitrogen and oxygen atoms in total. The van der Waals surface area contributed by atoms with Crippen LogP contribution in [0.25, 0.3) is 10.2 Å². The lowest BCUT2D eigenvalue weighted by Gasteiger charge is -2.11. The lowest BCUT2D eigenvalue weighted by molar-refractivity contribution is -0.121. The number of carbonyl (C=O) groups is 1. The Morgan fingerprint density at radius 3 is 2.77 bits per heavy atom. The van der Waals surface area contributed by atoms with E-state index in [0.717, 1.165) is 40.8 Å². The number of amides is 1. The maximum atomic E-state index is 13.0. The SMILES string of the molecule is CC(C)COc1ccc(CNC(=O)CCn2cnc3sc4c(c3c2=O)CCCC4)cc1. The van der Waals surface area contributed by atoms with Crippen LogP contribution in [-0.4, -0.2) is 22.1 Å². The first-order valence-corrected chi connectivity index (χ1v) is 11.8. The van der Waals surface area contributed by atoms with E-state index in [1.165, 1.54) is 16.9 Å². The molecule has 0 atom stereocenters. The summed E-state index contributed by atoms with van der Waals surface area (Å²) in [4.78, 5) is 31.9. The highest BCUT2D eigenvalue weighted by Gasteiger charge is 2.20. The second-order valence-corrected chi connectivity index (χ2v) is 9.59. The molecule has 0 saturated heterocycles. The molecule has 0 bridgehead atoms. The molecule has 0 fully saturated rings. The van der Waals surface area contributed by atoms with Crippen LogP contribution in [0.4, 0.5) is 0 Å². The number of carbonyl (C=O) groups excluding carboxylic acids is 1. The first kappa shape index (κ1) is 21.6. The van der Waals surface area contributed by atoms with E-state index in [1.54, 1.807) is 22.2 Å². The van der Waals surface area contributed by atoms with E-state index >= 15 is 0 Å². The van der Waals surface area contributed by atoms with Crippen LogP contribution >= 0.6 is 11.3 Å². The average Bonchev–Trinajstić information content (AvgIpc) is 3.16. The minimum Gasteiger partial charge on any atom is -0.493 e. The van der Waals surface area contributed by atoms with Crippen molar-refractivity contribution >= 4 is 27.5 Å². The summed E-state index contributed by atoms with van der Waals surface area (Å²) in [5.74, 6) is 1.23. The van der Waals surface area contributed by atoms with E-state index < -0.39 is 0 Å². The van der Waals surface area contributed by atoms with Crippen molar-refractivity contribution in [3.63, 3.8) is 0 Å². The number of rotatable bonds is 8. The van der Waals surface area contributed by atoms with Crippen LogP contribution in [0.15, 0.2) is 35.4 Å². The van der Waals surface area contributed by atoms with Crippen molar-refractivity contribution < 1.29 is 9.53 Å². The van der Waals surface area contributed by atoms with E-state index in [9.17, 15) is 9.59 Å². The zero-order chi connectivity index (χ0) is 21.8. The van der Waals surface area contributed by atoms with Crippen molar-refractivity contribution in [1.29, 1.82) is 0 Å². The highest BCUT2D eigenvalue weighted by Crippen LogP contribution is 2.33. The summed E-state index contributed by atoms with van der Waals surface area (Å²) in [6.45, 7) is 5.69. The van der Waals surface area contributed by atoms with Crippen molar-refractivity contribution in [1.82, 2.24) is 14.9 Å². The molecule has 3 aromatic rings. The van der Waals surface area contributed by atoms with Gasteiger partial charge >= 0.3 is 0 Å². The molecule has 1 aliphatic carbocycles. The molecule has 2 heterocycles. The molecule has 0 unspecified atom stereocenters. The molecule has 31 heavy (non-hydrogen) atoms. The first-order valence-electron chi connectivity index (χ1n) is 11.0. The molecule has 0 aliphatic heterocycles. The van der Waals surface area contributed by atoms with E-state index in [1.807, 2.05) is 24.3 Å². The molecule has 1 aliphatic rings. The van der Waals surface area contributed by atoms with Gasteiger partial charge in [-0.3, -0.25) is 14.2 Å². The molecule has 4 rings (SSSR count). The fourth-order valence-electron chi connectivity index (χ4n) is 3.82. The lowest BCUT2D eigenvalue weighted by atomic mass is 9.97. The molecule has 0 radical (unpaired) electrons. The average molecular weight is 440 g/mol. The van der Waals surface area contributed by atoms with Gasteiger partial charge in [0.05, 0.1) is 18.3 Å². The molecule has 7 heteroatoms. The maximum Gasteiger partial charge on any atom is 0.262 e. The Labute approximate surface area is 186 Å². The van der Waals surface area contributed by atoms with Crippen LogP contribution in [-0.2, 0) is 30.7 Å². The third kappa shape index (κ3) is 5.15. The van der Waals surface area contributed by atoms with Gasteiger partial charge in [-0.05, 0) is 54.9 Å². The summed E-state index contributed by atoms with van der Waals surface area (Å²) >= 11 is 1.65. The van der Waals surface area contributed by atoms with Crippen molar-refractivity contribution in [3.8, 4) is 5.75 Å². The van der Waals surface area contributed by atoms with Gasteiger partial charge in [0.1, 0.15) is 10.6 Å². The molecule has 0 spiro atoms. The van der Waals surface area contributed by atoms with Crippen molar-refractivity contribution in [2.45, 2.75) is 59.0 Å². The quantitative estimate of drug-likeness (QED) is 0.574. The summed E-state index contributed by atoms with van der Waals surface area (Å²) in [7, 11) is 0. The molecular formula is C24H29N3O3S. The number of aromatic nitrogens is 2. The number of ether oxygens (including phenoxy) is 1. The summed E-state index contributed by atoms with van der Waals surface area (Å²) in [6.07, 6.45) is 6.13. The van der Waals surface area contributed by atoms with E-state index in [4.69, 9.17) is 4.74 Å². The van der Waals surface area contributed by atoms with E-state index in [2.05, 4.69) is 24.1 Å². The van der Waals surface area contributed by atoms with Gasteiger partial charge in [0, 0.05) is 24.4 Å². The summed E-state index contributed by atoms with van der Waals surface area (Å²) in [6, 6.07) is 7.76. The lowest BCUT2D eigenvalue weighted by Crippen LogP contribution is -2.27. The number of hydrogen-bond donors (Lipinski definition) is 1.